The summed E-state index contributed by atoms with van der Waals surface area (Å²) in [5.74, 6) is 6.33. The fraction of sp³-hybridized carbons (Fsp3) is 0.867. The Balaban J connectivity index is 1.52. The fourth-order valence-electron chi connectivity index (χ4n) is 9.20. The van der Waals surface area contributed by atoms with Crippen LogP contribution in [0.4, 0.5) is 0 Å². The third-order valence-electron chi connectivity index (χ3n) is 11.0. The smallest absolute Gasteiger partial charge is 0.0577 e. The molecule has 0 heterocycles. The minimum absolute atomic E-state index is 0.0891. The maximum Gasteiger partial charge on any atom is 0.0577 e. The molecule has 0 amide bonds. The molecule has 0 aromatic heterocycles. The maximum absolute atomic E-state index is 10.3. The molecule has 0 unspecified atom stereocenters. The van der Waals surface area contributed by atoms with Gasteiger partial charge in [0.05, 0.1) is 6.10 Å². The molecule has 1 N–H and O–H groups in total. The summed E-state index contributed by atoms with van der Waals surface area (Å²) in [6.45, 7) is 17.3. The van der Waals surface area contributed by atoms with Crippen LogP contribution in [0.3, 0.4) is 0 Å². The number of hydrogen-bond acceptors (Lipinski definition) is 1. The van der Waals surface area contributed by atoms with Crippen LogP contribution >= 0.6 is 0 Å². The number of allylic oxidation sites excluding steroid dienone is 3. The third-order valence-corrected chi connectivity index (χ3v) is 11.0. The van der Waals surface area contributed by atoms with Crippen LogP contribution in [0.1, 0.15) is 99.8 Å². The normalized spacial score (nSPS) is 43.8. The Morgan fingerprint density at radius 1 is 0.903 bits per heavy atom. The molecule has 176 valence electrons. The van der Waals surface area contributed by atoms with Gasteiger partial charge in [-0.3, -0.25) is 0 Å². The third kappa shape index (κ3) is 4.00. The topological polar surface area (TPSA) is 20.2 Å². The highest BCUT2D eigenvalue weighted by Gasteiger charge is 2.58. The van der Waals surface area contributed by atoms with Crippen LogP contribution in [0, 0.1) is 58.2 Å². The summed E-state index contributed by atoms with van der Waals surface area (Å²) in [6.07, 6.45) is 17.8. The van der Waals surface area contributed by atoms with Crippen LogP contribution in [0.2, 0.25) is 0 Å². The van der Waals surface area contributed by atoms with E-state index in [4.69, 9.17) is 0 Å². The van der Waals surface area contributed by atoms with Gasteiger partial charge < -0.3 is 5.11 Å². The van der Waals surface area contributed by atoms with Crippen LogP contribution in [-0.2, 0) is 0 Å². The quantitative estimate of drug-likeness (QED) is 0.441. The van der Waals surface area contributed by atoms with E-state index < -0.39 is 0 Å². The maximum atomic E-state index is 10.3. The van der Waals surface area contributed by atoms with Crippen molar-refractivity contribution in [2.45, 2.75) is 106 Å². The van der Waals surface area contributed by atoms with Gasteiger partial charge in [0, 0.05) is 0 Å². The summed E-state index contributed by atoms with van der Waals surface area (Å²) in [5, 5.41) is 10.3. The van der Waals surface area contributed by atoms with Gasteiger partial charge >= 0.3 is 0 Å². The van der Waals surface area contributed by atoms with Crippen LogP contribution in [0.15, 0.2) is 23.8 Å². The average molecular weight is 427 g/mol. The largest absolute Gasteiger partial charge is 0.393 e. The van der Waals surface area contributed by atoms with E-state index in [0.29, 0.717) is 22.7 Å². The van der Waals surface area contributed by atoms with Gasteiger partial charge in [-0.15, -0.1) is 0 Å². The number of aliphatic hydroxyl groups excluding tert-OH is 1. The van der Waals surface area contributed by atoms with Crippen LogP contribution in [0.25, 0.3) is 0 Å². The van der Waals surface area contributed by atoms with Crippen LogP contribution in [-0.4, -0.2) is 11.2 Å². The lowest BCUT2D eigenvalue weighted by Gasteiger charge is -2.58. The first-order valence-electron chi connectivity index (χ1n) is 13.6. The zero-order valence-corrected chi connectivity index (χ0v) is 21.5. The number of fused-ring (bicyclic) bond motifs is 5. The molecule has 31 heavy (non-hydrogen) atoms. The predicted molar refractivity (Wildman–Crippen MR) is 133 cm³/mol. The Morgan fingerprint density at radius 2 is 1.61 bits per heavy atom. The summed E-state index contributed by atoms with van der Waals surface area (Å²) in [7, 11) is 0. The number of rotatable bonds is 5. The summed E-state index contributed by atoms with van der Waals surface area (Å²) >= 11 is 0. The Bertz CT molecular complexity index is 693. The highest BCUT2D eigenvalue weighted by Crippen LogP contribution is 2.67. The van der Waals surface area contributed by atoms with Gasteiger partial charge in [0.25, 0.3) is 0 Å². The van der Waals surface area contributed by atoms with E-state index in [1.54, 1.807) is 5.57 Å². The van der Waals surface area contributed by atoms with E-state index in [1.807, 2.05) is 0 Å². The second-order valence-electron chi connectivity index (χ2n) is 13.2. The lowest BCUT2D eigenvalue weighted by molar-refractivity contribution is -0.0540. The predicted octanol–water partition coefficient (Wildman–Crippen LogP) is 8.05. The molecular weight excluding hydrogens is 376 g/mol. The van der Waals surface area contributed by atoms with Crippen molar-refractivity contribution in [1.82, 2.24) is 0 Å². The van der Waals surface area contributed by atoms with Crippen molar-refractivity contribution in [3.8, 4) is 0 Å². The summed E-state index contributed by atoms with van der Waals surface area (Å²) in [5.41, 5.74) is 2.50. The molecule has 4 aliphatic carbocycles. The van der Waals surface area contributed by atoms with Crippen molar-refractivity contribution in [2.24, 2.45) is 58.2 Å². The Labute approximate surface area is 193 Å². The van der Waals surface area contributed by atoms with Crippen molar-refractivity contribution < 1.29 is 5.11 Å². The molecule has 0 aliphatic heterocycles. The Morgan fingerprint density at radius 3 is 2.29 bits per heavy atom. The Hall–Kier alpha value is -0.560. The molecule has 4 rings (SSSR count). The van der Waals surface area contributed by atoms with Gasteiger partial charge in [-0.1, -0.05) is 72.3 Å². The van der Waals surface area contributed by atoms with Gasteiger partial charge in [0.1, 0.15) is 0 Å². The number of aliphatic hydroxyl groups is 1. The van der Waals surface area contributed by atoms with Crippen LogP contribution < -0.4 is 0 Å². The zero-order valence-electron chi connectivity index (χ0n) is 21.5. The molecule has 1 nitrogen and oxygen atoms in total. The summed E-state index contributed by atoms with van der Waals surface area (Å²) in [6, 6.07) is 0. The highest BCUT2D eigenvalue weighted by molar-refractivity contribution is 5.25. The van der Waals surface area contributed by atoms with E-state index in [1.165, 1.54) is 38.5 Å². The SMILES string of the molecule is CC(C)C(/C=C/[C@H](C)[C@H]1CC[C@@H]2[C@H]3CC=C4C[C@@H](O)CC[C@]4(C)[C@@H]3CC[C@@]21C)C(C)C. The van der Waals surface area contributed by atoms with Gasteiger partial charge in [0.2, 0.25) is 0 Å². The second kappa shape index (κ2) is 8.66. The first-order valence-corrected chi connectivity index (χ1v) is 13.6. The lowest BCUT2D eigenvalue weighted by atomic mass is 9.47. The highest BCUT2D eigenvalue weighted by atomic mass is 16.3. The van der Waals surface area contributed by atoms with Crippen molar-refractivity contribution >= 4 is 0 Å². The fourth-order valence-corrected chi connectivity index (χ4v) is 9.20. The molecule has 0 aromatic carbocycles. The van der Waals surface area contributed by atoms with E-state index in [2.05, 4.69) is 66.7 Å². The van der Waals surface area contributed by atoms with E-state index >= 15 is 0 Å². The van der Waals surface area contributed by atoms with Gasteiger partial charge in [-0.25, -0.2) is 0 Å². The number of hydrogen-bond donors (Lipinski definition) is 1. The molecular formula is C30H50O. The van der Waals surface area contributed by atoms with Crippen molar-refractivity contribution in [3.05, 3.63) is 23.8 Å². The van der Waals surface area contributed by atoms with Crippen molar-refractivity contribution in [2.75, 3.05) is 0 Å². The molecule has 1 heteroatoms. The van der Waals surface area contributed by atoms with Gasteiger partial charge in [0.15, 0.2) is 0 Å². The first kappa shape index (κ1) is 23.6. The summed E-state index contributed by atoms with van der Waals surface area (Å²) < 4.78 is 0. The lowest BCUT2D eigenvalue weighted by Crippen LogP contribution is -2.50. The minimum atomic E-state index is -0.0891. The first-order chi connectivity index (χ1) is 14.6. The van der Waals surface area contributed by atoms with Crippen molar-refractivity contribution in [3.63, 3.8) is 0 Å². The molecule has 8 atom stereocenters. The van der Waals surface area contributed by atoms with Gasteiger partial charge in [-0.2, -0.15) is 0 Å². The average Bonchev–Trinajstić information content (AvgIpc) is 3.05. The molecule has 3 fully saturated rings. The summed E-state index contributed by atoms with van der Waals surface area (Å²) in [4.78, 5) is 0. The van der Waals surface area contributed by atoms with E-state index in [-0.39, 0.29) is 6.10 Å². The van der Waals surface area contributed by atoms with Crippen molar-refractivity contribution in [1.29, 1.82) is 0 Å². The van der Waals surface area contributed by atoms with E-state index in [0.717, 1.165) is 48.3 Å². The zero-order chi connectivity index (χ0) is 22.6. The molecule has 0 spiro atoms. The molecule has 0 saturated heterocycles. The standard InChI is InChI=1S/C30H50O/c1-19(2)24(20(3)4)10-8-21(5)26-12-13-27-25-11-9-22-18-23(31)14-16-29(22,6)28(25)15-17-30(26,27)7/h8-10,19-21,23-28,31H,11-18H2,1-7H3/b10-8+/t21-,23-,25+,26+,27+,28+,29-,30+/m0/s1. The van der Waals surface area contributed by atoms with E-state index in [9.17, 15) is 5.11 Å². The van der Waals surface area contributed by atoms with Gasteiger partial charge in [-0.05, 0) is 110 Å². The molecule has 0 bridgehead atoms. The molecule has 4 aliphatic rings. The molecule has 0 radical (unpaired) electrons. The Kier molecular flexibility index (Phi) is 6.59. The van der Waals surface area contributed by atoms with Crippen LogP contribution in [0.5, 0.6) is 0 Å². The molecule has 3 saturated carbocycles. The molecule has 0 aromatic rings. The monoisotopic (exact) mass is 426 g/mol. The minimum Gasteiger partial charge on any atom is -0.393 e. The second-order valence-corrected chi connectivity index (χ2v) is 13.2.